The number of hydrogen-bond donors (Lipinski definition) is 2. The number of thiol groups is 1. The fourth-order valence-corrected chi connectivity index (χ4v) is 4.83. The van der Waals surface area contributed by atoms with Crippen molar-refractivity contribution in [1.82, 2.24) is 19.9 Å². The van der Waals surface area contributed by atoms with Crippen molar-refractivity contribution in [3.63, 3.8) is 0 Å². The molecule has 1 amide bonds. The van der Waals surface area contributed by atoms with E-state index < -0.39 is 39.9 Å². The molecule has 8 nitrogen and oxygen atoms in total. The summed E-state index contributed by atoms with van der Waals surface area (Å²) >= 11 is 0. The minimum absolute atomic E-state index is 0.153. The molecule has 4 rings (SSSR count). The number of rotatable bonds is 5. The summed E-state index contributed by atoms with van der Waals surface area (Å²) < 4.78 is 70.6. The fraction of sp³-hybridized carbons (Fsp3) is 0.286. The zero-order valence-electron chi connectivity index (χ0n) is 17.7. The number of amides is 1. The largest absolute Gasteiger partial charge is 0.354 e. The molecule has 0 aliphatic carbocycles. The van der Waals surface area contributed by atoms with E-state index in [0.29, 0.717) is 22.8 Å². The van der Waals surface area contributed by atoms with Crippen LogP contribution in [0.3, 0.4) is 0 Å². The van der Waals surface area contributed by atoms with E-state index in [-0.39, 0.29) is 35.1 Å². The van der Waals surface area contributed by atoms with E-state index in [1.807, 2.05) is 0 Å². The van der Waals surface area contributed by atoms with Gasteiger partial charge < -0.3 is 9.88 Å². The molecule has 1 N–H and O–H groups in total. The lowest BCUT2D eigenvalue weighted by Crippen LogP contribution is -2.25. The second-order valence-corrected chi connectivity index (χ2v) is 8.48. The molecule has 0 spiro atoms. The zero-order chi connectivity index (χ0) is 23.9. The normalized spacial score (nSPS) is 15.4. The van der Waals surface area contributed by atoms with Gasteiger partial charge in [0, 0.05) is 31.1 Å². The minimum atomic E-state index is -3.44. The van der Waals surface area contributed by atoms with E-state index in [4.69, 9.17) is 0 Å². The first kappa shape index (κ1) is 22.8. The molecule has 3 heterocycles. The van der Waals surface area contributed by atoms with Crippen molar-refractivity contribution in [3.05, 3.63) is 70.8 Å². The number of anilines is 2. The number of pyridine rings is 1. The summed E-state index contributed by atoms with van der Waals surface area (Å²) in [4.78, 5) is 19.9. The van der Waals surface area contributed by atoms with Gasteiger partial charge in [-0.3, -0.25) is 9.78 Å². The molecule has 3 aromatic rings. The Hall–Kier alpha value is -3.41. The van der Waals surface area contributed by atoms with Crippen molar-refractivity contribution in [2.75, 3.05) is 11.4 Å². The van der Waals surface area contributed by atoms with E-state index in [1.54, 1.807) is 4.57 Å². The maximum Gasteiger partial charge on any atom is 0.271 e. The Bertz CT molecular complexity index is 1320. The van der Waals surface area contributed by atoms with E-state index in [2.05, 4.69) is 15.3 Å². The number of halogens is 3. The molecule has 1 atom stereocenters. The number of aromatic nitrogens is 3. The first-order valence-electron chi connectivity index (χ1n) is 10.0. The highest BCUT2D eigenvalue weighted by Crippen LogP contribution is 2.38. The fourth-order valence-electron chi connectivity index (χ4n) is 4.12. The maximum atomic E-state index is 15.7. The number of carbonyl (C=O) groups excluding carboxylic acids is 1. The maximum absolute atomic E-state index is 15.7. The van der Waals surface area contributed by atoms with Crippen LogP contribution in [0, 0.1) is 24.4 Å². The Kier molecular flexibility index (Phi) is 6.11. The summed E-state index contributed by atoms with van der Waals surface area (Å²) in [7, 11) is -1.96. The van der Waals surface area contributed by atoms with E-state index in [9.17, 15) is 22.0 Å². The highest BCUT2D eigenvalue weighted by atomic mass is 32.2. The van der Waals surface area contributed by atoms with Gasteiger partial charge in [0.2, 0.25) is 10.9 Å². The number of nitrogens with one attached hydrogen (secondary N) is 1. The number of hydrogen-bond acceptors (Lipinski definition) is 5. The van der Waals surface area contributed by atoms with E-state index in [1.165, 1.54) is 20.3 Å². The van der Waals surface area contributed by atoms with Crippen LogP contribution in [0.1, 0.15) is 39.8 Å². The van der Waals surface area contributed by atoms with Crippen molar-refractivity contribution < 1.29 is 26.4 Å². The quantitative estimate of drug-likeness (QED) is 0.549. The van der Waals surface area contributed by atoms with Crippen LogP contribution in [0.4, 0.5) is 24.5 Å². The third-order valence-corrected chi connectivity index (χ3v) is 6.45. The van der Waals surface area contributed by atoms with E-state index >= 15 is 4.39 Å². The summed E-state index contributed by atoms with van der Waals surface area (Å²) in [5.74, 6) is -3.67. The highest BCUT2D eigenvalue weighted by molar-refractivity contribution is 7.74. The van der Waals surface area contributed by atoms with Crippen molar-refractivity contribution in [3.8, 4) is 0 Å². The average molecular weight is 479 g/mol. The van der Waals surface area contributed by atoms with Crippen molar-refractivity contribution in [2.24, 2.45) is 0 Å². The lowest BCUT2D eigenvalue weighted by molar-refractivity contribution is 0.0957. The molecule has 0 fully saturated rings. The highest BCUT2D eigenvalue weighted by Gasteiger charge is 2.31. The molecule has 0 saturated carbocycles. The second-order valence-electron chi connectivity index (χ2n) is 7.61. The predicted octanol–water partition coefficient (Wildman–Crippen LogP) is 2.76. The number of carbonyl (C=O) groups is 1. The topological polar surface area (TPSA) is 97.2 Å². The molecule has 0 unspecified atom stereocenters. The number of imidazole rings is 1. The van der Waals surface area contributed by atoms with Gasteiger partial charge in [-0.25, -0.2) is 30.9 Å². The molecule has 1 aliphatic heterocycles. The summed E-state index contributed by atoms with van der Waals surface area (Å²) in [6.45, 7) is 1.61. The molecule has 1 aromatic carbocycles. The van der Waals surface area contributed by atoms with Crippen LogP contribution in [-0.2, 0) is 23.9 Å². The summed E-state index contributed by atoms with van der Waals surface area (Å²) in [5.41, 5.74) is 0.196. The van der Waals surface area contributed by atoms with Gasteiger partial charge in [0.1, 0.15) is 17.3 Å². The van der Waals surface area contributed by atoms with Crippen LogP contribution in [0.15, 0.2) is 30.7 Å². The van der Waals surface area contributed by atoms with Gasteiger partial charge in [-0.1, -0.05) is 0 Å². The van der Waals surface area contributed by atoms with Crippen LogP contribution in [-0.4, -0.2) is 35.9 Å². The molecule has 2 aromatic heterocycles. The lowest BCUT2D eigenvalue weighted by atomic mass is 9.89. The standard InChI is InChI=1S/C21H20F3N5O3S/c1-11-17(7-13(22)8-26-11)29(33(31)32)15-6-4-14(23)18(19(15)24)12-3-5-16-20(21(30)25-2)27-10-28(16)9-12/h4,6-8,10,12,33H,3,5,9H2,1-2H3,(H,25,30)/t12-/m1/s1. The number of benzene rings is 1. The summed E-state index contributed by atoms with van der Waals surface area (Å²) in [6.07, 6.45) is 3.02. The number of fused-ring (bicyclic) bond motifs is 1. The van der Waals surface area contributed by atoms with Crippen molar-refractivity contribution in [1.29, 1.82) is 0 Å². The SMILES string of the molecule is CNC(=O)c1ncn2c1CC[C@@H](c1c(F)ccc(N(c3cc(F)cnc3C)[SH](=O)=O)c1F)C2. The van der Waals surface area contributed by atoms with Gasteiger partial charge in [0.15, 0.2) is 5.82 Å². The number of aryl methyl sites for hydroxylation is 1. The summed E-state index contributed by atoms with van der Waals surface area (Å²) in [5, 5.41) is 2.50. The molecule has 0 radical (unpaired) electrons. The molecule has 0 bridgehead atoms. The monoisotopic (exact) mass is 479 g/mol. The third-order valence-electron chi connectivity index (χ3n) is 5.70. The Morgan fingerprint density at radius 2 is 1.97 bits per heavy atom. The molecule has 12 heteroatoms. The predicted molar refractivity (Wildman–Crippen MR) is 114 cm³/mol. The second kappa shape index (κ2) is 8.85. The van der Waals surface area contributed by atoms with Gasteiger partial charge in [0.05, 0.1) is 35.3 Å². The van der Waals surface area contributed by atoms with Gasteiger partial charge >= 0.3 is 0 Å². The molecule has 174 valence electrons. The van der Waals surface area contributed by atoms with Gasteiger partial charge in [0.25, 0.3) is 5.91 Å². The van der Waals surface area contributed by atoms with E-state index in [0.717, 1.165) is 24.4 Å². The smallest absolute Gasteiger partial charge is 0.271 e. The van der Waals surface area contributed by atoms with Gasteiger partial charge in [-0.05, 0) is 31.9 Å². The van der Waals surface area contributed by atoms with Crippen LogP contribution in [0.25, 0.3) is 0 Å². The van der Waals surface area contributed by atoms with Crippen LogP contribution < -0.4 is 9.62 Å². The Morgan fingerprint density at radius 3 is 2.67 bits per heavy atom. The third kappa shape index (κ3) is 4.06. The summed E-state index contributed by atoms with van der Waals surface area (Å²) in [6, 6.07) is 2.91. The van der Waals surface area contributed by atoms with Gasteiger partial charge in [-0.15, -0.1) is 0 Å². The Labute approximate surface area is 189 Å². The number of nitrogens with zero attached hydrogens (tertiary/aromatic N) is 4. The first-order chi connectivity index (χ1) is 15.7. The Morgan fingerprint density at radius 1 is 1.21 bits per heavy atom. The lowest BCUT2D eigenvalue weighted by Gasteiger charge is -2.27. The van der Waals surface area contributed by atoms with Crippen LogP contribution in [0.5, 0.6) is 0 Å². The molecule has 0 saturated heterocycles. The Balaban J connectivity index is 1.77. The van der Waals surface area contributed by atoms with Crippen LogP contribution in [0.2, 0.25) is 0 Å². The average Bonchev–Trinajstić information content (AvgIpc) is 3.20. The minimum Gasteiger partial charge on any atom is -0.354 e. The molecule has 1 aliphatic rings. The first-order valence-corrected chi connectivity index (χ1v) is 11.2. The molecule has 33 heavy (non-hydrogen) atoms. The van der Waals surface area contributed by atoms with Crippen molar-refractivity contribution in [2.45, 2.75) is 32.2 Å². The van der Waals surface area contributed by atoms with Crippen LogP contribution >= 0.6 is 0 Å². The van der Waals surface area contributed by atoms with Gasteiger partial charge in [-0.2, -0.15) is 0 Å². The zero-order valence-corrected chi connectivity index (χ0v) is 18.6. The molecular weight excluding hydrogens is 459 g/mol. The van der Waals surface area contributed by atoms with Crippen molar-refractivity contribution >= 4 is 28.2 Å². The molecular formula is C21H20F3N5O3S.